The number of thiocarbonyl (C=S) groups is 1. The van der Waals surface area contributed by atoms with E-state index in [2.05, 4.69) is 31.3 Å². The molecule has 3 N–H and O–H groups in total. The Balaban J connectivity index is 1.93. The van der Waals surface area contributed by atoms with Gasteiger partial charge in [0.05, 0.1) is 0 Å². The Labute approximate surface area is 125 Å². The van der Waals surface area contributed by atoms with Crippen molar-refractivity contribution in [1.29, 1.82) is 0 Å². The van der Waals surface area contributed by atoms with Gasteiger partial charge in [-0.05, 0) is 34.1 Å². The topological polar surface area (TPSA) is 68.8 Å². The molecular formula is C12H14BrN5S. The van der Waals surface area contributed by atoms with Gasteiger partial charge in [0.1, 0.15) is 11.3 Å². The van der Waals surface area contributed by atoms with E-state index in [1.165, 1.54) is 0 Å². The fourth-order valence-corrected chi connectivity index (χ4v) is 2.54. The molecule has 0 spiro atoms. The quantitative estimate of drug-likeness (QED) is 0.814. The Morgan fingerprint density at radius 2 is 2.32 bits per heavy atom. The molecule has 0 aliphatic heterocycles. The molecule has 100 valence electrons. The van der Waals surface area contributed by atoms with Crippen LogP contribution in [0, 0.1) is 0 Å². The number of aryl methyl sites for hydroxylation is 1. The fraction of sp³-hybridized carbons (Fsp3) is 0.250. The molecular weight excluding hydrogens is 326 g/mol. The van der Waals surface area contributed by atoms with Crippen molar-refractivity contribution in [2.75, 3.05) is 11.9 Å². The highest BCUT2D eigenvalue weighted by molar-refractivity contribution is 9.10. The van der Waals surface area contributed by atoms with Crippen LogP contribution >= 0.6 is 28.1 Å². The third-order valence-corrected chi connectivity index (χ3v) is 3.44. The Kier molecular flexibility index (Phi) is 4.49. The van der Waals surface area contributed by atoms with Gasteiger partial charge in [-0.3, -0.25) is 4.68 Å². The summed E-state index contributed by atoms with van der Waals surface area (Å²) >= 11 is 8.41. The van der Waals surface area contributed by atoms with Crippen molar-refractivity contribution in [3.05, 3.63) is 40.4 Å². The van der Waals surface area contributed by atoms with Crippen LogP contribution in [0.5, 0.6) is 0 Å². The maximum atomic E-state index is 5.61. The Hall–Kier alpha value is -1.47. The molecule has 0 radical (unpaired) electrons. The van der Waals surface area contributed by atoms with E-state index < -0.39 is 0 Å². The van der Waals surface area contributed by atoms with Crippen LogP contribution in [0.1, 0.15) is 11.4 Å². The standard InChI is InChI=1S/C12H14BrN5S/c1-18-7-16-11(17-18)4-5-15-8-2-3-9(12(14)19)10(13)6-8/h2-3,6-7,15H,4-5H2,1H3,(H2,14,19). The smallest absolute Gasteiger partial charge is 0.152 e. The number of aromatic nitrogens is 3. The zero-order valence-electron chi connectivity index (χ0n) is 10.4. The Morgan fingerprint density at radius 3 is 2.89 bits per heavy atom. The number of hydrogen-bond acceptors (Lipinski definition) is 4. The van der Waals surface area contributed by atoms with E-state index in [1.807, 2.05) is 25.2 Å². The maximum Gasteiger partial charge on any atom is 0.152 e. The lowest BCUT2D eigenvalue weighted by molar-refractivity contribution is 0.742. The first-order valence-corrected chi connectivity index (χ1v) is 6.94. The van der Waals surface area contributed by atoms with Crippen molar-refractivity contribution in [2.24, 2.45) is 12.8 Å². The predicted octanol–water partition coefficient (Wildman–Crippen LogP) is 1.87. The fourth-order valence-electron chi connectivity index (χ4n) is 1.64. The van der Waals surface area contributed by atoms with Crippen LogP contribution in [-0.2, 0) is 13.5 Å². The third-order valence-electron chi connectivity index (χ3n) is 2.56. The van der Waals surface area contributed by atoms with Crippen molar-refractivity contribution in [3.8, 4) is 0 Å². The van der Waals surface area contributed by atoms with E-state index in [1.54, 1.807) is 11.0 Å². The highest BCUT2D eigenvalue weighted by Gasteiger charge is 2.04. The maximum absolute atomic E-state index is 5.61. The monoisotopic (exact) mass is 339 g/mol. The van der Waals surface area contributed by atoms with Crippen molar-refractivity contribution in [3.63, 3.8) is 0 Å². The van der Waals surface area contributed by atoms with Crippen LogP contribution in [-0.4, -0.2) is 26.3 Å². The summed E-state index contributed by atoms with van der Waals surface area (Å²) < 4.78 is 2.59. The number of rotatable bonds is 5. The van der Waals surface area contributed by atoms with Crippen molar-refractivity contribution >= 4 is 38.8 Å². The average molecular weight is 340 g/mol. The van der Waals surface area contributed by atoms with E-state index in [0.717, 1.165) is 34.5 Å². The Morgan fingerprint density at radius 1 is 1.53 bits per heavy atom. The van der Waals surface area contributed by atoms with E-state index in [0.29, 0.717) is 4.99 Å². The zero-order valence-corrected chi connectivity index (χ0v) is 12.8. The number of anilines is 1. The van der Waals surface area contributed by atoms with Gasteiger partial charge in [0.25, 0.3) is 0 Å². The lowest BCUT2D eigenvalue weighted by atomic mass is 10.2. The lowest BCUT2D eigenvalue weighted by Crippen LogP contribution is -2.11. The van der Waals surface area contributed by atoms with Crippen molar-refractivity contribution in [2.45, 2.75) is 6.42 Å². The summed E-state index contributed by atoms with van der Waals surface area (Å²) in [6.07, 6.45) is 2.47. The molecule has 0 saturated heterocycles. The molecule has 0 unspecified atom stereocenters. The molecule has 0 amide bonds. The minimum Gasteiger partial charge on any atom is -0.389 e. The van der Waals surface area contributed by atoms with Crippen LogP contribution in [0.4, 0.5) is 5.69 Å². The summed E-state index contributed by atoms with van der Waals surface area (Å²) in [6, 6.07) is 5.80. The first-order chi connectivity index (χ1) is 9.06. The first kappa shape index (κ1) is 14.0. The number of nitrogens with zero attached hydrogens (tertiary/aromatic N) is 3. The van der Waals surface area contributed by atoms with Crippen molar-refractivity contribution in [1.82, 2.24) is 14.8 Å². The summed E-state index contributed by atoms with van der Waals surface area (Å²) in [6.45, 7) is 0.767. The molecule has 0 bridgehead atoms. The van der Waals surface area contributed by atoms with Gasteiger partial charge in [-0.25, -0.2) is 4.98 Å². The lowest BCUT2D eigenvalue weighted by Gasteiger charge is -2.08. The number of halogens is 1. The Bertz CT molecular complexity index is 596. The molecule has 2 aromatic rings. The average Bonchev–Trinajstić information content (AvgIpc) is 2.75. The SMILES string of the molecule is Cn1cnc(CCNc2ccc(C(N)=S)c(Br)c2)n1. The number of nitrogens with one attached hydrogen (secondary N) is 1. The molecule has 5 nitrogen and oxygen atoms in total. The normalized spacial score (nSPS) is 10.4. The molecule has 2 rings (SSSR count). The minimum atomic E-state index is 0.385. The van der Waals surface area contributed by atoms with Gasteiger partial charge < -0.3 is 11.1 Å². The second kappa shape index (κ2) is 6.12. The van der Waals surface area contributed by atoms with Crippen molar-refractivity contribution < 1.29 is 0 Å². The van der Waals surface area contributed by atoms with Crippen LogP contribution in [0.2, 0.25) is 0 Å². The van der Waals surface area contributed by atoms with Gasteiger partial charge in [-0.15, -0.1) is 0 Å². The van der Waals surface area contributed by atoms with Gasteiger partial charge in [0.15, 0.2) is 5.82 Å². The van der Waals surface area contributed by atoms with Gasteiger partial charge in [0, 0.05) is 35.7 Å². The number of nitrogens with two attached hydrogens (primary N) is 1. The largest absolute Gasteiger partial charge is 0.389 e. The summed E-state index contributed by atoms with van der Waals surface area (Å²) in [5, 5.41) is 7.53. The number of hydrogen-bond donors (Lipinski definition) is 2. The number of benzene rings is 1. The molecule has 0 aliphatic carbocycles. The van der Waals surface area contributed by atoms with Crippen LogP contribution in [0.15, 0.2) is 29.0 Å². The molecule has 0 atom stereocenters. The summed E-state index contributed by atoms with van der Waals surface area (Å²) in [7, 11) is 1.86. The van der Waals surface area contributed by atoms with Crippen LogP contribution < -0.4 is 11.1 Å². The molecule has 19 heavy (non-hydrogen) atoms. The molecule has 7 heteroatoms. The summed E-state index contributed by atoms with van der Waals surface area (Å²) in [4.78, 5) is 4.56. The van der Waals surface area contributed by atoms with E-state index in [4.69, 9.17) is 18.0 Å². The minimum absolute atomic E-state index is 0.385. The summed E-state index contributed by atoms with van der Waals surface area (Å²) in [5.41, 5.74) is 7.45. The highest BCUT2D eigenvalue weighted by atomic mass is 79.9. The predicted molar refractivity (Wildman–Crippen MR) is 83.2 cm³/mol. The van der Waals surface area contributed by atoms with E-state index in [-0.39, 0.29) is 0 Å². The molecule has 1 aromatic carbocycles. The second-order valence-electron chi connectivity index (χ2n) is 4.07. The molecule has 0 aliphatic rings. The van der Waals surface area contributed by atoms with E-state index in [9.17, 15) is 0 Å². The molecule has 1 heterocycles. The molecule has 0 fully saturated rings. The van der Waals surface area contributed by atoms with Gasteiger partial charge in [-0.1, -0.05) is 12.2 Å². The zero-order chi connectivity index (χ0) is 13.8. The van der Waals surface area contributed by atoms with Gasteiger partial charge >= 0.3 is 0 Å². The third kappa shape index (κ3) is 3.74. The van der Waals surface area contributed by atoms with Crippen LogP contribution in [0.3, 0.4) is 0 Å². The van der Waals surface area contributed by atoms with Gasteiger partial charge in [-0.2, -0.15) is 5.10 Å². The first-order valence-electron chi connectivity index (χ1n) is 5.74. The highest BCUT2D eigenvalue weighted by Crippen LogP contribution is 2.21. The second-order valence-corrected chi connectivity index (χ2v) is 5.36. The molecule has 0 saturated carbocycles. The molecule has 1 aromatic heterocycles. The van der Waals surface area contributed by atoms with Crippen LogP contribution in [0.25, 0.3) is 0 Å². The van der Waals surface area contributed by atoms with Gasteiger partial charge in [0.2, 0.25) is 0 Å². The summed E-state index contributed by atoms with van der Waals surface area (Å²) in [5.74, 6) is 0.828. The van der Waals surface area contributed by atoms with E-state index >= 15 is 0 Å².